The molecule has 6 heteroatoms. The molecule has 0 N–H and O–H groups in total. The first kappa shape index (κ1) is 18.9. The van der Waals surface area contributed by atoms with E-state index in [2.05, 4.69) is 41.5 Å². The van der Waals surface area contributed by atoms with Crippen LogP contribution < -0.4 is 3.39 Å². The zero-order valence-electron chi connectivity index (χ0n) is 12.6. The molecule has 0 unspecified atom stereocenters. The van der Waals surface area contributed by atoms with E-state index in [1.54, 1.807) is 0 Å². The maximum absolute atomic E-state index is 6.05. The van der Waals surface area contributed by atoms with Gasteiger partial charge in [0.2, 0.25) is 0 Å². The Bertz CT molecular complexity index is 465. The summed E-state index contributed by atoms with van der Waals surface area (Å²) in [5.41, 5.74) is 1.72. The second kappa shape index (κ2) is 5.50. The quantitative estimate of drug-likeness (QED) is 0.405. The van der Waals surface area contributed by atoms with Crippen LogP contribution in [0.4, 0.5) is 0 Å². The zero-order valence-corrected chi connectivity index (χ0v) is 18.5. The number of benzene rings is 1. The van der Waals surface area contributed by atoms with Gasteiger partial charge in [-0.3, -0.25) is 0 Å². The fourth-order valence-electron chi connectivity index (χ4n) is 1.93. The first-order valence-electron chi connectivity index (χ1n) is 6.23. The van der Waals surface area contributed by atoms with Crippen LogP contribution in [0.25, 0.3) is 0 Å². The predicted molar refractivity (Wildman–Crippen MR) is 87.9 cm³/mol. The third kappa shape index (κ3) is 5.58. The Morgan fingerprint density at radius 3 is 1.40 bits per heavy atom. The Morgan fingerprint density at radius 1 is 0.800 bits per heavy atom. The molecule has 0 radical (unpaired) electrons. The van der Waals surface area contributed by atoms with Crippen LogP contribution in [0.15, 0.2) is 18.2 Å². The van der Waals surface area contributed by atoms with Crippen LogP contribution in [0.5, 0.6) is 5.75 Å². The van der Waals surface area contributed by atoms with E-state index in [0.717, 1.165) is 11.1 Å². The summed E-state index contributed by atoms with van der Waals surface area (Å²) in [7, 11) is 24.2. The summed E-state index contributed by atoms with van der Waals surface area (Å²) < 4.78 is 5.77. The topological polar surface area (TPSA) is 9.23 Å². The maximum atomic E-state index is 6.05. The summed E-state index contributed by atoms with van der Waals surface area (Å²) in [6.45, 7) is 12.6. The summed E-state index contributed by atoms with van der Waals surface area (Å²) in [5, 5.41) is 0. The molecule has 0 bridgehead atoms. The fraction of sp³-hybridized carbons (Fsp3) is 0.571. The SMILES string of the molecule is CC(C)(C)c1cccc(C(C)(C)C)c1[O][W]([Cl])([Cl])([Cl])[Cl]. The Labute approximate surface area is 138 Å². The molecule has 0 spiro atoms. The van der Waals surface area contributed by atoms with Gasteiger partial charge >= 0.3 is 140 Å². The van der Waals surface area contributed by atoms with Gasteiger partial charge in [-0.1, -0.05) is 0 Å². The molecule has 0 saturated heterocycles. The summed E-state index contributed by atoms with van der Waals surface area (Å²) in [5.74, 6) is 0.618. The molecular formula is C14H21Cl4OW. The van der Waals surface area contributed by atoms with Crippen LogP contribution in [0.2, 0.25) is 0 Å². The average Bonchev–Trinajstić information content (AvgIpc) is 2.10. The molecule has 0 fully saturated rings. The van der Waals surface area contributed by atoms with E-state index >= 15 is 0 Å². The van der Waals surface area contributed by atoms with Gasteiger partial charge in [0, 0.05) is 0 Å². The summed E-state index contributed by atoms with van der Waals surface area (Å²) in [4.78, 5) is 0. The van der Waals surface area contributed by atoms with Gasteiger partial charge < -0.3 is 0 Å². The molecule has 0 amide bonds. The Balaban J connectivity index is 3.58. The molecule has 1 aromatic carbocycles. The second-order valence-electron chi connectivity index (χ2n) is 6.87. The molecule has 0 aliphatic heterocycles. The number of para-hydroxylation sites is 1. The van der Waals surface area contributed by atoms with Crippen LogP contribution in [-0.2, 0) is 21.9 Å². The van der Waals surface area contributed by atoms with Crippen molar-refractivity contribution in [1.29, 1.82) is 0 Å². The molecule has 1 rings (SSSR count). The van der Waals surface area contributed by atoms with Gasteiger partial charge in [0.05, 0.1) is 0 Å². The van der Waals surface area contributed by atoms with Gasteiger partial charge in [-0.05, 0) is 0 Å². The number of rotatable bonds is 2. The van der Waals surface area contributed by atoms with Gasteiger partial charge in [0.15, 0.2) is 0 Å². The first-order chi connectivity index (χ1) is 8.57. The van der Waals surface area contributed by atoms with Crippen molar-refractivity contribution in [3.05, 3.63) is 29.3 Å². The molecular weight excluding hydrogens is 510 g/mol. The predicted octanol–water partition coefficient (Wildman–Crippen LogP) is 6.88. The van der Waals surface area contributed by atoms with E-state index in [0.29, 0.717) is 5.75 Å². The van der Waals surface area contributed by atoms with E-state index in [1.807, 2.05) is 18.2 Å². The minimum atomic E-state index is -5.08. The Morgan fingerprint density at radius 2 is 1.15 bits per heavy atom. The van der Waals surface area contributed by atoms with Crippen molar-refractivity contribution in [2.24, 2.45) is 0 Å². The number of hydrogen-bond acceptors (Lipinski definition) is 1. The van der Waals surface area contributed by atoms with Crippen LogP contribution in [0.3, 0.4) is 0 Å². The van der Waals surface area contributed by atoms with Gasteiger partial charge in [-0.2, -0.15) is 0 Å². The molecule has 0 aliphatic carbocycles. The van der Waals surface area contributed by atoms with Crippen LogP contribution >= 0.6 is 37.7 Å². The Kier molecular flexibility index (Phi) is 5.20. The van der Waals surface area contributed by atoms with E-state index in [1.165, 1.54) is 0 Å². The molecule has 20 heavy (non-hydrogen) atoms. The van der Waals surface area contributed by atoms with Crippen molar-refractivity contribution >= 4 is 37.7 Å². The van der Waals surface area contributed by atoms with Crippen LogP contribution in [-0.4, -0.2) is 0 Å². The molecule has 0 atom stereocenters. The third-order valence-corrected chi connectivity index (χ3v) is 6.41. The van der Waals surface area contributed by atoms with Crippen molar-refractivity contribution in [3.8, 4) is 5.75 Å². The zero-order chi connectivity index (χ0) is 16.0. The molecule has 1 nitrogen and oxygen atoms in total. The van der Waals surface area contributed by atoms with Gasteiger partial charge in [0.1, 0.15) is 0 Å². The van der Waals surface area contributed by atoms with E-state index in [9.17, 15) is 0 Å². The van der Waals surface area contributed by atoms with Gasteiger partial charge in [-0.25, -0.2) is 0 Å². The first-order valence-corrected chi connectivity index (χ1v) is 22.0. The van der Waals surface area contributed by atoms with E-state index < -0.39 is 11.0 Å². The van der Waals surface area contributed by atoms with Crippen molar-refractivity contribution in [3.63, 3.8) is 0 Å². The molecule has 0 aromatic heterocycles. The van der Waals surface area contributed by atoms with E-state index in [4.69, 9.17) is 41.1 Å². The van der Waals surface area contributed by atoms with Crippen LogP contribution in [0.1, 0.15) is 52.7 Å². The standard InChI is InChI=1S/C14H22O.4ClH.W/c1-13(2,3)10-8-7-9-11(12(10)15)14(4,5)6;;;;;/h7-9,15H,1-6H3;4*1H;/q;;;;;+5/p-5. The average molecular weight is 531 g/mol. The fourth-order valence-corrected chi connectivity index (χ4v) is 5.55. The van der Waals surface area contributed by atoms with Gasteiger partial charge in [-0.15, -0.1) is 0 Å². The Hall–Kier alpha value is 0.868. The monoisotopic (exact) mass is 529 g/mol. The van der Waals surface area contributed by atoms with Crippen molar-refractivity contribution < 1.29 is 14.4 Å². The molecule has 0 saturated carbocycles. The summed E-state index contributed by atoms with van der Waals surface area (Å²) in [6, 6.07) is 5.99. The van der Waals surface area contributed by atoms with Crippen LogP contribution in [0, 0.1) is 0 Å². The molecule has 0 heterocycles. The van der Waals surface area contributed by atoms with E-state index in [-0.39, 0.29) is 10.8 Å². The van der Waals surface area contributed by atoms with Crippen molar-refractivity contribution in [2.75, 3.05) is 0 Å². The minimum absolute atomic E-state index is 0.134. The molecule has 117 valence electrons. The second-order valence-corrected chi connectivity index (χ2v) is 38.8. The molecule has 1 aromatic rings. The summed E-state index contributed by atoms with van der Waals surface area (Å²) in [6.07, 6.45) is 0. The normalized spacial score (nSPS) is 15.6. The van der Waals surface area contributed by atoms with Crippen molar-refractivity contribution in [1.82, 2.24) is 0 Å². The number of halogens is 4. The third-order valence-electron chi connectivity index (χ3n) is 2.84. The molecule has 0 aliphatic rings. The summed E-state index contributed by atoms with van der Waals surface area (Å²) >= 11 is -5.08. The number of hydrogen-bond donors (Lipinski definition) is 0. The van der Waals surface area contributed by atoms with Crippen molar-refractivity contribution in [2.45, 2.75) is 52.4 Å². The van der Waals surface area contributed by atoms with Gasteiger partial charge in [0.25, 0.3) is 0 Å².